The van der Waals surface area contributed by atoms with Gasteiger partial charge in [-0.3, -0.25) is 0 Å². The van der Waals surface area contributed by atoms with Crippen LogP contribution in [-0.4, -0.2) is 30.6 Å². The highest BCUT2D eigenvalue weighted by Crippen LogP contribution is 2.33. The topological polar surface area (TPSA) is 46.2 Å². The van der Waals surface area contributed by atoms with E-state index in [9.17, 15) is 0 Å². The van der Waals surface area contributed by atoms with Gasteiger partial charge in [0.25, 0.3) is 0 Å². The molecule has 0 aliphatic carbocycles. The van der Waals surface area contributed by atoms with Crippen molar-refractivity contribution >= 4 is 17.4 Å². The lowest BCUT2D eigenvalue weighted by molar-refractivity contribution is -0.514. The fourth-order valence-corrected chi connectivity index (χ4v) is 4.74. The molecule has 6 heteroatoms. The summed E-state index contributed by atoms with van der Waals surface area (Å²) < 4.78 is 12.3. The minimum absolute atomic E-state index is 0. The van der Waals surface area contributed by atoms with Crippen LogP contribution in [0.1, 0.15) is 61.8 Å². The van der Waals surface area contributed by atoms with Gasteiger partial charge in [-0.25, -0.2) is 9.78 Å². The minimum Gasteiger partial charge on any atom is -0.457 e. The van der Waals surface area contributed by atoms with Crippen LogP contribution in [0.25, 0.3) is 0 Å². The van der Waals surface area contributed by atoms with Gasteiger partial charge in [-0.05, 0) is 71.5 Å². The van der Waals surface area contributed by atoms with E-state index in [0.29, 0.717) is 13.2 Å². The van der Waals surface area contributed by atoms with Crippen molar-refractivity contribution < 1.29 is 24.3 Å². The van der Waals surface area contributed by atoms with Crippen molar-refractivity contribution in [3.8, 4) is 23.0 Å². The lowest BCUT2D eigenvalue weighted by Crippen LogP contribution is -2.11. The van der Waals surface area contributed by atoms with Crippen LogP contribution in [0.4, 0.5) is 0 Å². The third-order valence-corrected chi connectivity index (χ3v) is 6.78. The van der Waals surface area contributed by atoms with E-state index in [1.165, 1.54) is 11.1 Å². The van der Waals surface area contributed by atoms with Crippen LogP contribution < -0.4 is 9.47 Å². The zero-order valence-electron chi connectivity index (χ0n) is 23.8. The molecule has 4 aromatic carbocycles. The molecule has 2 atom stereocenters. The van der Waals surface area contributed by atoms with Crippen LogP contribution in [0.5, 0.6) is 23.0 Å². The summed E-state index contributed by atoms with van der Waals surface area (Å²) in [5.41, 5.74) is 4.67. The van der Waals surface area contributed by atoms with Gasteiger partial charge in [0.1, 0.15) is 23.0 Å². The number of hydrogen-bond acceptors (Lipinski definition) is 5. The Kier molecular flexibility index (Phi) is 12.7. The first-order valence-electron chi connectivity index (χ1n) is 13.7. The maximum absolute atomic E-state index is 6.16. The maximum Gasteiger partial charge on any atom is 0.130 e. The number of hydrogen-bond donors (Lipinski definition) is 0. The Hall–Kier alpha value is -3.11. The summed E-state index contributed by atoms with van der Waals surface area (Å²) in [4.78, 5) is 10.9. The van der Waals surface area contributed by atoms with E-state index >= 15 is 0 Å². The van der Waals surface area contributed by atoms with E-state index in [1.807, 2.05) is 84.9 Å². The van der Waals surface area contributed by atoms with Gasteiger partial charge in [0.05, 0.1) is 13.2 Å². The molecule has 4 rings (SSSR count). The molecule has 40 heavy (non-hydrogen) atoms. The highest BCUT2D eigenvalue weighted by molar-refractivity contribution is 5.75. The molecule has 0 saturated heterocycles. The minimum atomic E-state index is 0. The van der Waals surface area contributed by atoms with Crippen LogP contribution in [0.3, 0.4) is 0 Å². The van der Waals surface area contributed by atoms with Gasteiger partial charge >= 0.3 is 0 Å². The number of rotatable bonds is 14. The first-order valence-corrected chi connectivity index (χ1v) is 13.7. The monoisotopic (exact) mass is 553 g/mol. The highest BCUT2D eigenvalue weighted by atomic mass is 27.0. The van der Waals surface area contributed by atoms with E-state index in [-0.39, 0.29) is 29.2 Å². The van der Waals surface area contributed by atoms with Crippen LogP contribution in [0, 0.1) is 0 Å². The quantitative estimate of drug-likeness (QED) is 0.0676. The SMILES string of the molecule is CCc1c(Oc2ccccc2)cccc1C(C)COOOCC(C)c1cccc(Oc2ccccc2)c1CC.[Al]. The van der Waals surface area contributed by atoms with Crippen molar-refractivity contribution in [2.45, 2.75) is 52.4 Å². The Bertz CT molecular complexity index is 1200. The third-order valence-electron chi connectivity index (χ3n) is 6.78. The van der Waals surface area contributed by atoms with Gasteiger partial charge < -0.3 is 9.47 Å². The molecule has 3 radical (unpaired) electrons. The summed E-state index contributed by atoms with van der Waals surface area (Å²) in [7, 11) is 0. The summed E-state index contributed by atoms with van der Waals surface area (Å²) in [6.07, 6.45) is 1.70. The second-order valence-corrected chi connectivity index (χ2v) is 9.62. The van der Waals surface area contributed by atoms with E-state index in [2.05, 4.69) is 39.8 Å². The van der Waals surface area contributed by atoms with Gasteiger partial charge in [-0.1, -0.05) is 93.4 Å². The standard InChI is InChI=1S/C34H38O5.Al/c1-5-29-31(19-13-21-33(29)37-27-15-9-7-10-16-27)25(3)23-35-39-36-24-26(4)32-20-14-22-34(30(32)6-2)38-28-17-11-8-12-18-28;/h7-22,25-26H,5-6,23-24H2,1-4H3;. The first kappa shape index (κ1) is 31.4. The maximum atomic E-state index is 6.16. The third kappa shape index (κ3) is 8.44. The molecular formula is C34H38AlO5. The Balaban J connectivity index is 0.00000441. The molecule has 0 bridgehead atoms. The lowest BCUT2D eigenvalue weighted by atomic mass is 9.94. The molecule has 0 fully saturated rings. The van der Waals surface area contributed by atoms with Crippen molar-refractivity contribution in [3.05, 3.63) is 119 Å². The van der Waals surface area contributed by atoms with Gasteiger partial charge in [-0.2, -0.15) is 0 Å². The second-order valence-electron chi connectivity index (χ2n) is 9.62. The molecule has 5 nitrogen and oxygen atoms in total. The van der Waals surface area contributed by atoms with Crippen molar-refractivity contribution in [2.24, 2.45) is 0 Å². The van der Waals surface area contributed by atoms with Gasteiger partial charge in [0, 0.05) is 29.2 Å². The molecule has 0 aliphatic rings. The lowest BCUT2D eigenvalue weighted by Gasteiger charge is -2.20. The molecule has 0 heterocycles. The van der Waals surface area contributed by atoms with E-state index in [4.69, 9.17) is 24.3 Å². The molecule has 2 unspecified atom stereocenters. The predicted octanol–water partition coefficient (Wildman–Crippen LogP) is 8.80. The average Bonchev–Trinajstić information content (AvgIpc) is 2.97. The fraction of sp³-hybridized carbons (Fsp3) is 0.294. The molecule has 0 amide bonds. The van der Waals surface area contributed by atoms with Crippen molar-refractivity contribution in [1.29, 1.82) is 0 Å². The van der Waals surface area contributed by atoms with Gasteiger partial charge in [-0.15, -0.1) is 0 Å². The first-order chi connectivity index (χ1) is 19.1. The smallest absolute Gasteiger partial charge is 0.130 e. The fourth-order valence-electron chi connectivity index (χ4n) is 4.74. The zero-order valence-corrected chi connectivity index (χ0v) is 25.0. The summed E-state index contributed by atoms with van der Waals surface area (Å²) >= 11 is 0. The zero-order chi connectivity index (χ0) is 27.5. The molecule has 0 N–H and O–H groups in total. The van der Waals surface area contributed by atoms with E-state index in [0.717, 1.165) is 47.0 Å². The van der Waals surface area contributed by atoms with Gasteiger partial charge in [0.15, 0.2) is 0 Å². The molecule has 0 aromatic heterocycles. The van der Waals surface area contributed by atoms with E-state index in [1.54, 1.807) is 0 Å². The van der Waals surface area contributed by atoms with Gasteiger partial charge in [0.2, 0.25) is 0 Å². The van der Waals surface area contributed by atoms with Crippen LogP contribution in [0.2, 0.25) is 0 Å². The molecule has 0 aliphatic heterocycles. The highest BCUT2D eigenvalue weighted by Gasteiger charge is 2.17. The Morgan fingerprint density at radius 2 is 0.925 bits per heavy atom. The summed E-state index contributed by atoms with van der Waals surface area (Å²) in [6.45, 7) is 9.20. The summed E-state index contributed by atoms with van der Waals surface area (Å²) in [5.74, 6) is 3.57. The second kappa shape index (κ2) is 16.2. The van der Waals surface area contributed by atoms with E-state index < -0.39 is 0 Å². The molecule has 207 valence electrons. The average molecular weight is 554 g/mol. The van der Waals surface area contributed by atoms with Crippen molar-refractivity contribution in [3.63, 3.8) is 0 Å². The largest absolute Gasteiger partial charge is 0.457 e. The van der Waals surface area contributed by atoms with Crippen molar-refractivity contribution in [2.75, 3.05) is 13.2 Å². The Morgan fingerprint density at radius 3 is 1.30 bits per heavy atom. The van der Waals surface area contributed by atoms with Crippen LogP contribution in [-0.2, 0) is 27.7 Å². The Labute approximate surface area is 249 Å². The number of benzene rings is 4. The van der Waals surface area contributed by atoms with Crippen LogP contribution in [0.15, 0.2) is 97.1 Å². The summed E-state index contributed by atoms with van der Waals surface area (Å²) in [5, 5.41) is 5.15. The number of para-hydroxylation sites is 2. The van der Waals surface area contributed by atoms with Crippen molar-refractivity contribution in [1.82, 2.24) is 0 Å². The molecule has 0 spiro atoms. The summed E-state index contributed by atoms with van der Waals surface area (Å²) in [6, 6.07) is 32.0. The molecule has 0 saturated carbocycles. The normalized spacial score (nSPS) is 12.3. The molecular weight excluding hydrogens is 515 g/mol. The molecule has 4 aromatic rings. The number of ether oxygens (including phenoxy) is 2. The Morgan fingerprint density at radius 1 is 0.525 bits per heavy atom. The predicted molar refractivity (Wildman–Crippen MR) is 160 cm³/mol. The van der Waals surface area contributed by atoms with Crippen LogP contribution >= 0.6 is 0 Å².